The maximum atomic E-state index is 12.5. The minimum Gasteiger partial charge on any atom is -0.368 e. The van der Waals surface area contributed by atoms with Crippen LogP contribution in [-0.2, 0) is 16.0 Å². The minimum atomic E-state index is -0.142. The Bertz CT molecular complexity index is 1000. The lowest BCUT2D eigenvalue weighted by molar-refractivity contribution is -0.126. The van der Waals surface area contributed by atoms with Crippen LogP contribution in [0.3, 0.4) is 0 Å². The quantitative estimate of drug-likeness (QED) is 0.221. The molecule has 1 fully saturated rings. The molecule has 1 aliphatic rings. The van der Waals surface area contributed by atoms with Crippen molar-refractivity contribution in [3.8, 4) is 0 Å². The van der Waals surface area contributed by atoms with E-state index in [1.54, 1.807) is 0 Å². The summed E-state index contributed by atoms with van der Waals surface area (Å²) in [6.07, 6.45) is 9.76. The molecule has 1 unspecified atom stereocenters. The van der Waals surface area contributed by atoms with Crippen molar-refractivity contribution < 1.29 is 9.59 Å². The molecular weight excluding hydrogens is 520 g/mol. The summed E-state index contributed by atoms with van der Waals surface area (Å²) in [5.74, 6) is 0.396. The number of hydrogen-bond acceptors (Lipinski definition) is 4. The van der Waals surface area contributed by atoms with E-state index in [1.165, 1.54) is 29.7 Å². The van der Waals surface area contributed by atoms with Gasteiger partial charge in [0.25, 0.3) is 0 Å². The van der Waals surface area contributed by atoms with E-state index >= 15 is 0 Å². The number of halogens is 1. The molecule has 0 aliphatic heterocycles. The maximum absolute atomic E-state index is 12.5. The highest BCUT2D eigenvalue weighted by Crippen LogP contribution is 2.36. The Morgan fingerprint density at radius 1 is 0.975 bits per heavy atom. The Hall–Kier alpha value is -2.83. The van der Waals surface area contributed by atoms with Crippen LogP contribution < -0.4 is 16.0 Å². The standard InChI is InChI=1S/C26H42N4O2.C7H7Cl/c1-4-6-14-23(26(22-15-16-22)28-17-5-2)30(3)20-25(32)29-19-24(31)27-18-10-13-21-11-8-7-9-12-21;1-6-2-4-7(8)5-3-6/h7-9,11-12,14,22,26,28H,4-6,10,13,15-20H2,1-3H3,(H,27,31)(H,29,32);2-5H,1H3/b23-14+;. The first-order valence-electron chi connectivity index (χ1n) is 14.8. The molecule has 1 aliphatic carbocycles. The second-order valence-corrected chi connectivity index (χ2v) is 11.0. The zero-order valence-corrected chi connectivity index (χ0v) is 25.6. The summed E-state index contributed by atoms with van der Waals surface area (Å²) >= 11 is 5.61. The van der Waals surface area contributed by atoms with E-state index < -0.39 is 0 Å². The first-order chi connectivity index (χ1) is 19.3. The van der Waals surface area contributed by atoms with Crippen LogP contribution in [0.15, 0.2) is 66.4 Å². The van der Waals surface area contributed by atoms with Crippen molar-refractivity contribution in [2.45, 2.75) is 71.8 Å². The van der Waals surface area contributed by atoms with Gasteiger partial charge < -0.3 is 20.9 Å². The Morgan fingerprint density at radius 2 is 1.68 bits per heavy atom. The Labute approximate surface area is 246 Å². The molecule has 3 rings (SSSR count). The number of hydrogen-bond donors (Lipinski definition) is 3. The van der Waals surface area contributed by atoms with Gasteiger partial charge in [-0.3, -0.25) is 9.59 Å². The molecular formula is C33H49ClN4O2. The van der Waals surface area contributed by atoms with Crippen LogP contribution in [0.2, 0.25) is 5.02 Å². The number of benzene rings is 2. The van der Waals surface area contributed by atoms with Gasteiger partial charge in [0.1, 0.15) is 0 Å². The molecule has 2 aromatic carbocycles. The molecule has 1 saturated carbocycles. The van der Waals surface area contributed by atoms with Crippen LogP contribution in [0.4, 0.5) is 0 Å². The van der Waals surface area contributed by atoms with E-state index in [1.807, 2.05) is 56.4 Å². The maximum Gasteiger partial charge on any atom is 0.239 e. The van der Waals surface area contributed by atoms with Crippen molar-refractivity contribution in [1.82, 2.24) is 20.9 Å². The van der Waals surface area contributed by atoms with E-state index in [0.717, 1.165) is 43.7 Å². The fourth-order valence-corrected chi connectivity index (χ4v) is 4.48. The number of nitrogens with one attached hydrogen (secondary N) is 3. The highest BCUT2D eigenvalue weighted by Gasteiger charge is 2.34. The van der Waals surface area contributed by atoms with Gasteiger partial charge in [-0.05, 0) is 75.6 Å². The summed E-state index contributed by atoms with van der Waals surface area (Å²) in [5, 5.41) is 10.1. The normalized spacial score (nSPS) is 13.6. The molecule has 3 N–H and O–H groups in total. The summed E-state index contributed by atoms with van der Waals surface area (Å²) in [5.41, 5.74) is 3.72. The molecule has 0 aromatic heterocycles. The van der Waals surface area contributed by atoms with Crippen molar-refractivity contribution in [3.63, 3.8) is 0 Å². The minimum absolute atomic E-state index is 0.0200. The first-order valence-corrected chi connectivity index (χ1v) is 15.2. The molecule has 7 heteroatoms. The third kappa shape index (κ3) is 14.0. The Kier molecular flexibility index (Phi) is 16.1. The van der Waals surface area contributed by atoms with Gasteiger partial charge in [-0.15, -0.1) is 0 Å². The third-order valence-corrected chi connectivity index (χ3v) is 7.01. The van der Waals surface area contributed by atoms with Crippen LogP contribution in [0, 0.1) is 12.8 Å². The van der Waals surface area contributed by atoms with Gasteiger partial charge in [0.15, 0.2) is 0 Å². The molecule has 0 spiro atoms. The lowest BCUT2D eigenvalue weighted by Crippen LogP contribution is -2.45. The molecule has 1 atom stereocenters. The van der Waals surface area contributed by atoms with E-state index in [0.29, 0.717) is 18.5 Å². The SMILES string of the molecule is CCC/C=C(\C(NCCC)C1CC1)N(C)CC(=O)NCC(=O)NCCCc1ccccc1.Cc1ccc(Cl)cc1. The molecule has 0 heterocycles. The summed E-state index contributed by atoms with van der Waals surface area (Å²) in [7, 11) is 1.98. The van der Waals surface area contributed by atoms with Gasteiger partial charge in [0, 0.05) is 30.4 Å². The van der Waals surface area contributed by atoms with E-state index in [4.69, 9.17) is 11.6 Å². The Morgan fingerprint density at radius 3 is 2.27 bits per heavy atom. The first kappa shape index (κ1) is 33.4. The second kappa shape index (κ2) is 19.3. The molecule has 0 radical (unpaired) electrons. The number of amides is 2. The average molecular weight is 569 g/mol. The van der Waals surface area contributed by atoms with E-state index in [-0.39, 0.29) is 24.9 Å². The Balaban J connectivity index is 0.000000598. The monoisotopic (exact) mass is 568 g/mol. The zero-order chi connectivity index (χ0) is 29.2. The predicted octanol–water partition coefficient (Wildman–Crippen LogP) is 5.89. The number of nitrogens with zero attached hydrogens (tertiary/aromatic N) is 1. The number of unbranched alkanes of at least 4 members (excludes halogenated alkanes) is 1. The van der Waals surface area contributed by atoms with Crippen LogP contribution in [-0.4, -0.2) is 56.0 Å². The fraction of sp³-hybridized carbons (Fsp3) is 0.515. The van der Waals surface area contributed by atoms with Crippen molar-refractivity contribution in [2.24, 2.45) is 5.92 Å². The predicted molar refractivity (Wildman–Crippen MR) is 167 cm³/mol. The number of carbonyl (C=O) groups excluding carboxylic acids is 2. The fourth-order valence-electron chi connectivity index (χ4n) is 4.36. The van der Waals surface area contributed by atoms with E-state index in [9.17, 15) is 9.59 Å². The molecule has 220 valence electrons. The van der Waals surface area contributed by atoms with Crippen molar-refractivity contribution in [1.29, 1.82) is 0 Å². The van der Waals surface area contributed by atoms with Crippen molar-refractivity contribution in [3.05, 3.63) is 82.5 Å². The van der Waals surface area contributed by atoms with Gasteiger partial charge >= 0.3 is 0 Å². The molecule has 2 aromatic rings. The summed E-state index contributed by atoms with van der Waals surface area (Å²) < 4.78 is 0. The largest absolute Gasteiger partial charge is 0.368 e. The van der Waals surface area contributed by atoms with Gasteiger partial charge in [-0.2, -0.15) is 0 Å². The molecule has 2 amide bonds. The van der Waals surface area contributed by atoms with E-state index in [2.05, 4.69) is 52.9 Å². The van der Waals surface area contributed by atoms with Crippen LogP contribution >= 0.6 is 11.6 Å². The molecule has 0 bridgehead atoms. The highest BCUT2D eigenvalue weighted by atomic mass is 35.5. The highest BCUT2D eigenvalue weighted by molar-refractivity contribution is 6.30. The molecule has 0 saturated heterocycles. The number of carbonyl (C=O) groups is 2. The number of rotatable bonds is 16. The van der Waals surface area contributed by atoms with Crippen LogP contribution in [0.1, 0.15) is 63.5 Å². The van der Waals surface area contributed by atoms with Crippen molar-refractivity contribution in [2.75, 3.05) is 33.2 Å². The van der Waals surface area contributed by atoms with Crippen LogP contribution in [0.25, 0.3) is 0 Å². The number of aryl methyl sites for hydroxylation is 2. The molecule has 40 heavy (non-hydrogen) atoms. The lowest BCUT2D eigenvalue weighted by atomic mass is 10.1. The van der Waals surface area contributed by atoms with Gasteiger partial charge in [0.2, 0.25) is 11.8 Å². The van der Waals surface area contributed by atoms with Gasteiger partial charge in [0.05, 0.1) is 13.1 Å². The zero-order valence-electron chi connectivity index (χ0n) is 24.8. The summed E-state index contributed by atoms with van der Waals surface area (Å²) in [6, 6.07) is 18.3. The van der Waals surface area contributed by atoms with Gasteiger partial charge in [-0.25, -0.2) is 0 Å². The smallest absolute Gasteiger partial charge is 0.239 e. The average Bonchev–Trinajstić information content (AvgIpc) is 3.80. The summed E-state index contributed by atoms with van der Waals surface area (Å²) in [4.78, 5) is 26.6. The molecule has 6 nitrogen and oxygen atoms in total. The summed E-state index contributed by atoms with van der Waals surface area (Å²) in [6.45, 7) is 8.26. The topological polar surface area (TPSA) is 73.5 Å². The number of likely N-dealkylation sites (N-methyl/N-ethyl adjacent to an activating group) is 1. The van der Waals surface area contributed by atoms with Crippen LogP contribution in [0.5, 0.6) is 0 Å². The van der Waals surface area contributed by atoms with Gasteiger partial charge in [-0.1, -0.05) is 86.0 Å². The van der Waals surface area contributed by atoms with Crippen molar-refractivity contribution >= 4 is 23.4 Å². The number of allylic oxidation sites excluding steroid dienone is 1. The lowest BCUT2D eigenvalue weighted by Gasteiger charge is -2.30. The second-order valence-electron chi connectivity index (χ2n) is 10.6. The third-order valence-electron chi connectivity index (χ3n) is 6.75.